The number of hydrogen-bond acceptors (Lipinski definition) is 3. The highest BCUT2D eigenvalue weighted by molar-refractivity contribution is 5.96. The van der Waals surface area contributed by atoms with E-state index in [1.165, 1.54) is 0 Å². The van der Waals surface area contributed by atoms with E-state index in [4.69, 9.17) is 4.74 Å². The van der Waals surface area contributed by atoms with Crippen LogP contribution in [-0.4, -0.2) is 23.0 Å². The number of rotatable bonds is 8. The number of para-hydroxylation sites is 1. The molecule has 1 aliphatic rings. The first-order chi connectivity index (χ1) is 12.1. The minimum Gasteiger partial charge on any atom is -0.489 e. The van der Waals surface area contributed by atoms with E-state index in [-0.39, 0.29) is 5.91 Å². The molecule has 1 saturated carbocycles. The van der Waals surface area contributed by atoms with Gasteiger partial charge in [0.05, 0.1) is 0 Å². The minimum atomic E-state index is -0.979. The van der Waals surface area contributed by atoms with Crippen molar-refractivity contribution < 1.29 is 19.4 Å². The average molecular weight is 339 g/mol. The topological polar surface area (TPSA) is 75.6 Å². The molecule has 0 heterocycles. The van der Waals surface area contributed by atoms with Gasteiger partial charge in [-0.1, -0.05) is 43.2 Å². The van der Waals surface area contributed by atoms with Gasteiger partial charge in [-0.25, -0.2) is 4.79 Å². The van der Waals surface area contributed by atoms with Crippen LogP contribution in [0.3, 0.4) is 0 Å². The normalized spacial score (nSPS) is 14.6. The van der Waals surface area contributed by atoms with E-state index in [2.05, 4.69) is 5.32 Å². The van der Waals surface area contributed by atoms with E-state index >= 15 is 0 Å². The molecule has 0 aromatic heterocycles. The third-order valence-corrected chi connectivity index (χ3v) is 4.23. The van der Waals surface area contributed by atoms with Crippen LogP contribution in [0.1, 0.15) is 35.2 Å². The van der Waals surface area contributed by atoms with Gasteiger partial charge in [-0.15, -0.1) is 0 Å². The van der Waals surface area contributed by atoms with Crippen LogP contribution in [0.25, 0.3) is 0 Å². The Hall–Kier alpha value is -2.82. The Balaban J connectivity index is 1.55. The first kappa shape index (κ1) is 17.0. The number of amides is 1. The van der Waals surface area contributed by atoms with Crippen LogP contribution in [0.5, 0.6) is 5.75 Å². The maximum Gasteiger partial charge on any atom is 0.326 e. The number of hydrogen-bond donors (Lipinski definition) is 2. The molecular formula is C20H21NO4. The molecule has 25 heavy (non-hydrogen) atoms. The van der Waals surface area contributed by atoms with E-state index in [9.17, 15) is 14.7 Å². The zero-order valence-electron chi connectivity index (χ0n) is 13.9. The lowest BCUT2D eigenvalue weighted by Crippen LogP contribution is -2.41. The largest absolute Gasteiger partial charge is 0.489 e. The lowest BCUT2D eigenvalue weighted by molar-refractivity contribution is -0.139. The Morgan fingerprint density at radius 3 is 2.36 bits per heavy atom. The summed E-state index contributed by atoms with van der Waals surface area (Å²) in [4.78, 5) is 23.5. The fourth-order valence-electron chi connectivity index (χ4n) is 2.59. The summed E-state index contributed by atoms with van der Waals surface area (Å²) in [5, 5.41) is 11.8. The van der Waals surface area contributed by atoms with Crippen molar-refractivity contribution in [3.8, 4) is 5.75 Å². The van der Waals surface area contributed by atoms with E-state index in [0.29, 0.717) is 24.5 Å². The Bertz CT molecular complexity index is 723. The second-order valence-corrected chi connectivity index (χ2v) is 6.34. The third-order valence-electron chi connectivity index (χ3n) is 4.23. The predicted octanol–water partition coefficient (Wildman–Crippen LogP) is 3.25. The van der Waals surface area contributed by atoms with Gasteiger partial charge in [0.1, 0.15) is 18.4 Å². The Morgan fingerprint density at radius 1 is 1.08 bits per heavy atom. The monoisotopic (exact) mass is 339 g/mol. The zero-order valence-corrected chi connectivity index (χ0v) is 13.9. The molecule has 5 nitrogen and oxygen atoms in total. The van der Waals surface area contributed by atoms with Crippen LogP contribution in [0.15, 0.2) is 54.6 Å². The molecule has 1 amide bonds. The van der Waals surface area contributed by atoms with Crippen LogP contribution >= 0.6 is 0 Å². The van der Waals surface area contributed by atoms with E-state index in [0.717, 1.165) is 24.2 Å². The fraction of sp³-hybridized carbons (Fsp3) is 0.300. The molecule has 0 radical (unpaired) electrons. The summed E-state index contributed by atoms with van der Waals surface area (Å²) in [6.45, 7) is 0.408. The molecule has 2 aromatic rings. The van der Waals surface area contributed by atoms with Crippen molar-refractivity contribution in [1.82, 2.24) is 5.32 Å². The quantitative estimate of drug-likeness (QED) is 0.774. The molecule has 1 aliphatic carbocycles. The van der Waals surface area contributed by atoms with Gasteiger partial charge < -0.3 is 15.2 Å². The van der Waals surface area contributed by atoms with Gasteiger partial charge >= 0.3 is 5.97 Å². The number of benzene rings is 2. The number of carboxylic acids is 1. The van der Waals surface area contributed by atoms with Gasteiger partial charge in [0, 0.05) is 5.56 Å². The van der Waals surface area contributed by atoms with Gasteiger partial charge in [0.15, 0.2) is 0 Å². The van der Waals surface area contributed by atoms with Crippen LogP contribution in [-0.2, 0) is 11.4 Å². The maximum atomic E-state index is 12.2. The molecule has 130 valence electrons. The number of ether oxygens (including phenoxy) is 1. The molecule has 2 aromatic carbocycles. The number of aliphatic carboxylic acids is 1. The lowest BCUT2D eigenvalue weighted by atomic mass is 10.1. The Kier molecular flexibility index (Phi) is 5.33. The molecule has 1 fully saturated rings. The molecule has 3 rings (SSSR count). The second-order valence-electron chi connectivity index (χ2n) is 6.34. The van der Waals surface area contributed by atoms with Gasteiger partial charge in [-0.05, 0) is 42.2 Å². The summed E-state index contributed by atoms with van der Waals surface area (Å²) in [5.74, 6) is -0.121. The molecule has 0 aliphatic heterocycles. The van der Waals surface area contributed by atoms with E-state index in [1.807, 2.05) is 42.5 Å². The van der Waals surface area contributed by atoms with E-state index < -0.39 is 12.0 Å². The van der Waals surface area contributed by atoms with Crippen LogP contribution < -0.4 is 10.1 Å². The second kappa shape index (κ2) is 7.83. The van der Waals surface area contributed by atoms with Crippen molar-refractivity contribution in [2.75, 3.05) is 0 Å². The summed E-state index contributed by atoms with van der Waals surface area (Å²) in [5.41, 5.74) is 1.39. The SMILES string of the molecule is O=C(NC(CC1CC1)C(=O)O)c1ccc(COc2ccccc2)cc1. The summed E-state index contributed by atoms with van der Waals surface area (Å²) in [6.07, 6.45) is 2.61. The summed E-state index contributed by atoms with van der Waals surface area (Å²) >= 11 is 0. The van der Waals surface area contributed by atoms with Crippen molar-refractivity contribution in [2.24, 2.45) is 5.92 Å². The number of nitrogens with one attached hydrogen (secondary N) is 1. The molecule has 0 saturated heterocycles. The fourth-order valence-corrected chi connectivity index (χ4v) is 2.59. The zero-order chi connectivity index (χ0) is 17.6. The van der Waals surface area contributed by atoms with Gasteiger partial charge in [-0.2, -0.15) is 0 Å². The molecule has 0 spiro atoms. The summed E-state index contributed by atoms with van der Waals surface area (Å²) in [6, 6.07) is 15.7. The highest BCUT2D eigenvalue weighted by Gasteiger charge is 2.30. The van der Waals surface area contributed by atoms with Crippen LogP contribution in [0.4, 0.5) is 0 Å². The highest BCUT2D eigenvalue weighted by Crippen LogP contribution is 2.33. The molecular weight excluding hydrogens is 318 g/mol. The van der Waals surface area contributed by atoms with Crippen molar-refractivity contribution in [1.29, 1.82) is 0 Å². The molecule has 5 heteroatoms. The average Bonchev–Trinajstić information content (AvgIpc) is 3.44. The molecule has 2 N–H and O–H groups in total. The van der Waals surface area contributed by atoms with Gasteiger partial charge in [0.25, 0.3) is 5.91 Å². The Morgan fingerprint density at radius 2 is 1.76 bits per heavy atom. The van der Waals surface area contributed by atoms with Crippen molar-refractivity contribution in [3.63, 3.8) is 0 Å². The van der Waals surface area contributed by atoms with Gasteiger partial charge in [0.2, 0.25) is 0 Å². The lowest BCUT2D eigenvalue weighted by Gasteiger charge is -2.14. The maximum absolute atomic E-state index is 12.2. The van der Waals surface area contributed by atoms with E-state index in [1.54, 1.807) is 12.1 Å². The summed E-state index contributed by atoms with van der Waals surface area (Å²) < 4.78 is 5.66. The molecule has 1 unspecified atom stereocenters. The first-order valence-corrected chi connectivity index (χ1v) is 8.42. The third kappa shape index (κ3) is 5.08. The first-order valence-electron chi connectivity index (χ1n) is 8.42. The van der Waals surface area contributed by atoms with Crippen molar-refractivity contribution in [3.05, 3.63) is 65.7 Å². The van der Waals surface area contributed by atoms with Crippen LogP contribution in [0, 0.1) is 5.92 Å². The molecule has 0 bridgehead atoms. The summed E-state index contributed by atoms with van der Waals surface area (Å²) in [7, 11) is 0. The van der Waals surface area contributed by atoms with Crippen molar-refractivity contribution >= 4 is 11.9 Å². The number of carboxylic acid groups (broad SMARTS) is 1. The smallest absolute Gasteiger partial charge is 0.326 e. The number of carbonyl (C=O) groups is 2. The van der Waals surface area contributed by atoms with Crippen LogP contribution in [0.2, 0.25) is 0 Å². The van der Waals surface area contributed by atoms with Gasteiger partial charge in [-0.3, -0.25) is 4.79 Å². The molecule has 1 atom stereocenters. The standard InChI is InChI=1S/C20H21NO4/c22-19(21-18(20(23)24)12-14-6-7-14)16-10-8-15(9-11-16)13-25-17-4-2-1-3-5-17/h1-5,8-11,14,18H,6-7,12-13H2,(H,21,22)(H,23,24). The number of carbonyl (C=O) groups excluding carboxylic acids is 1. The minimum absolute atomic E-state index is 0.358. The Labute approximate surface area is 146 Å². The highest BCUT2D eigenvalue weighted by atomic mass is 16.5. The predicted molar refractivity (Wildman–Crippen MR) is 93.4 cm³/mol. The van der Waals surface area contributed by atoms with Crippen molar-refractivity contribution in [2.45, 2.75) is 31.9 Å².